The van der Waals surface area contributed by atoms with E-state index in [0.29, 0.717) is 18.2 Å². The molecule has 0 aromatic carbocycles. The van der Waals surface area contributed by atoms with E-state index in [4.69, 9.17) is 0 Å². The minimum Gasteiger partial charge on any atom is -0.350 e. The van der Waals surface area contributed by atoms with Gasteiger partial charge in [-0.1, -0.05) is 23.9 Å². The fourth-order valence-electron chi connectivity index (χ4n) is 2.18. The molecule has 3 aromatic rings. The van der Waals surface area contributed by atoms with Gasteiger partial charge in [-0.05, 0) is 23.6 Å². The smallest absolute Gasteiger partial charge is 0.230 e. The van der Waals surface area contributed by atoms with Crippen LogP contribution in [0.3, 0.4) is 0 Å². The van der Waals surface area contributed by atoms with Gasteiger partial charge in [0.1, 0.15) is 0 Å². The lowest BCUT2D eigenvalue weighted by molar-refractivity contribution is -0.118. The molecule has 0 aliphatic carbocycles. The maximum atomic E-state index is 12.0. The van der Waals surface area contributed by atoms with E-state index in [0.717, 1.165) is 16.3 Å². The van der Waals surface area contributed by atoms with Gasteiger partial charge in [0.05, 0.1) is 12.3 Å². The van der Waals surface area contributed by atoms with E-state index >= 15 is 0 Å². The fourth-order valence-corrected chi connectivity index (χ4v) is 3.61. The van der Waals surface area contributed by atoms with Gasteiger partial charge >= 0.3 is 0 Å². The first kappa shape index (κ1) is 17.4. The maximum absolute atomic E-state index is 12.0. The van der Waals surface area contributed by atoms with Gasteiger partial charge in [0.15, 0.2) is 11.0 Å². The van der Waals surface area contributed by atoms with Crippen molar-refractivity contribution >= 4 is 29.0 Å². The molecule has 0 aliphatic rings. The zero-order chi connectivity index (χ0) is 17.5. The van der Waals surface area contributed by atoms with Crippen molar-refractivity contribution in [2.75, 3.05) is 5.75 Å². The Morgan fingerprint density at radius 3 is 2.88 bits per heavy atom. The first-order valence-corrected chi connectivity index (χ1v) is 9.51. The molecule has 8 heteroatoms. The topological polar surface area (TPSA) is 72.7 Å². The summed E-state index contributed by atoms with van der Waals surface area (Å²) in [6, 6.07) is 7.73. The van der Waals surface area contributed by atoms with Gasteiger partial charge in [0.2, 0.25) is 5.91 Å². The molecule has 128 valence electrons. The van der Waals surface area contributed by atoms with Gasteiger partial charge in [-0.3, -0.25) is 14.3 Å². The molecule has 0 saturated heterocycles. The van der Waals surface area contributed by atoms with Crippen molar-refractivity contribution in [3.63, 3.8) is 0 Å². The van der Waals surface area contributed by atoms with Crippen molar-refractivity contribution in [1.29, 1.82) is 0 Å². The highest BCUT2D eigenvalue weighted by molar-refractivity contribution is 7.99. The van der Waals surface area contributed by atoms with Crippen LogP contribution in [0, 0.1) is 0 Å². The maximum Gasteiger partial charge on any atom is 0.230 e. The first-order valence-electron chi connectivity index (χ1n) is 7.64. The van der Waals surface area contributed by atoms with Gasteiger partial charge in [-0.25, -0.2) is 0 Å². The lowest BCUT2D eigenvalue weighted by atomic mass is 10.2. The van der Waals surface area contributed by atoms with Crippen LogP contribution in [-0.4, -0.2) is 31.4 Å². The van der Waals surface area contributed by atoms with Crippen LogP contribution in [0.4, 0.5) is 0 Å². The largest absolute Gasteiger partial charge is 0.350 e. The highest BCUT2D eigenvalue weighted by atomic mass is 32.2. The lowest BCUT2D eigenvalue weighted by Gasteiger charge is -2.07. The van der Waals surface area contributed by atoms with E-state index < -0.39 is 0 Å². The summed E-state index contributed by atoms with van der Waals surface area (Å²) in [6.45, 7) is 4.92. The molecular weight excluding hydrogens is 354 g/mol. The Hall–Kier alpha value is -2.45. The number of carbonyl (C=O) groups is 1. The Kier molecular flexibility index (Phi) is 5.97. The van der Waals surface area contributed by atoms with Crippen LogP contribution in [0.1, 0.15) is 4.88 Å². The molecule has 0 radical (unpaired) electrons. The summed E-state index contributed by atoms with van der Waals surface area (Å²) in [5.41, 5.74) is 0.929. The molecule has 3 heterocycles. The van der Waals surface area contributed by atoms with Crippen LogP contribution >= 0.6 is 23.1 Å². The van der Waals surface area contributed by atoms with Crippen molar-refractivity contribution in [3.8, 4) is 11.4 Å². The van der Waals surface area contributed by atoms with Crippen molar-refractivity contribution in [1.82, 2.24) is 25.1 Å². The average molecular weight is 371 g/mol. The molecule has 1 amide bonds. The predicted molar refractivity (Wildman–Crippen MR) is 100 cm³/mol. The highest BCUT2D eigenvalue weighted by Gasteiger charge is 2.14. The summed E-state index contributed by atoms with van der Waals surface area (Å²) in [4.78, 5) is 17.2. The molecule has 0 spiro atoms. The summed E-state index contributed by atoms with van der Waals surface area (Å²) in [6.07, 6.45) is 5.22. The van der Waals surface area contributed by atoms with Crippen molar-refractivity contribution in [2.24, 2.45) is 0 Å². The molecule has 3 rings (SSSR count). The van der Waals surface area contributed by atoms with E-state index in [1.54, 1.807) is 29.8 Å². The van der Waals surface area contributed by atoms with E-state index in [-0.39, 0.29) is 11.7 Å². The van der Waals surface area contributed by atoms with Crippen molar-refractivity contribution in [3.05, 3.63) is 59.6 Å². The van der Waals surface area contributed by atoms with Crippen LogP contribution in [-0.2, 0) is 17.9 Å². The summed E-state index contributed by atoms with van der Waals surface area (Å²) < 4.78 is 1.94. The Morgan fingerprint density at radius 2 is 2.16 bits per heavy atom. The predicted octanol–water partition coefficient (Wildman–Crippen LogP) is 3.00. The van der Waals surface area contributed by atoms with Gasteiger partial charge in [0, 0.05) is 29.4 Å². The number of amides is 1. The van der Waals surface area contributed by atoms with Gasteiger partial charge < -0.3 is 5.32 Å². The molecule has 0 bridgehead atoms. The Morgan fingerprint density at radius 1 is 1.32 bits per heavy atom. The van der Waals surface area contributed by atoms with Crippen molar-refractivity contribution < 1.29 is 4.79 Å². The monoisotopic (exact) mass is 371 g/mol. The number of nitrogens with zero attached hydrogens (tertiary/aromatic N) is 4. The minimum atomic E-state index is -0.0305. The van der Waals surface area contributed by atoms with Crippen LogP contribution in [0.15, 0.2) is 59.9 Å². The number of thiophene rings is 1. The Balaban J connectivity index is 1.64. The normalized spacial score (nSPS) is 10.6. The number of nitrogens with one attached hydrogen (secondary N) is 1. The summed E-state index contributed by atoms with van der Waals surface area (Å²) >= 11 is 2.99. The van der Waals surface area contributed by atoms with Gasteiger partial charge in [0.25, 0.3) is 0 Å². The quantitative estimate of drug-likeness (QED) is 0.487. The number of pyridine rings is 1. The molecule has 1 N–H and O–H groups in total. The fraction of sp³-hybridized carbons (Fsp3) is 0.176. The van der Waals surface area contributed by atoms with Crippen molar-refractivity contribution in [2.45, 2.75) is 18.2 Å². The molecule has 6 nitrogen and oxygen atoms in total. The number of carbonyl (C=O) groups excluding carboxylic acids is 1. The second kappa shape index (κ2) is 8.59. The summed E-state index contributed by atoms with van der Waals surface area (Å²) in [7, 11) is 0. The molecule has 3 aromatic heterocycles. The van der Waals surface area contributed by atoms with Crippen LogP contribution < -0.4 is 5.32 Å². The second-order valence-corrected chi connectivity index (χ2v) is 7.06. The van der Waals surface area contributed by atoms with E-state index in [1.807, 2.05) is 34.2 Å². The van der Waals surface area contributed by atoms with E-state index in [2.05, 4.69) is 27.1 Å². The first-order chi connectivity index (χ1) is 12.3. The molecule has 0 atom stereocenters. The van der Waals surface area contributed by atoms with E-state index in [1.165, 1.54) is 11.8 Å². The summed E-state index contributed by atoms with van der Waals surface area (Å²) in [5.74, 6) is 0.998. The van der Waals surface area contributed by atoms with Crippen LogP contribution in [0.2, 0.25) is 0 Å². The minimum absolute atomic E-state index is 0.0305. The third-order valence-corrected chi connectivity index (χ3v) is 5.18. The summed E-state index contributed by atoms with van der Waals surface area (Å²) in [5, 5.41) is 14.1. The highest BCUT2D eigenvalue weighted by Crippen LogP contribution is 2.23. The number of hydrogen-bond acceptors (Lipinski definition) is 6. The zero-order valence-corrected chi connectivity index (χ0v) is 15.1. The zero-order valence-electron chi connectivity index (χ0n) is 13.5. The molecule has 25 heavy (non-hydrogen) atoms. The number of aromatic nitrogens is 4. The second-order valence-electron chi connectivity index (χ2n) is 5.09. The number of thioether (sulfide) groups is 1. The Bertz CT molecular complexity index is 830. The third-order valence-electron chi connectivity index (χ3n) is 3.34. The number of hydrogen-bond donors (Lipinski definition) is 1. The third kappa shape index (κ3) is 4.55. The van der Waals surface area contributed by atoms with Gasteiger partial charge in [-0.2, -0.15) is 0 Å². The number of rotatable bonds is 8. The lowest BCUT2D eigenvalue weighted by Crippen LogP contribution is -2.24. The average Bonchev–Trinajstić information content (AvgIpc) is 3.29. The van der Waals surface area contributed by atoms with E-state index in [9.17, 15) is 4.79 Å². The van der Waals surface area contributed by atoms with Crippen LogP contribution in [0.25, 0.3) is 11.4 Å². The molecule has 0 aliphatic heterocycles. The number of allylic oxidation sites excluding steroid dienone is 1. The molecular formula is C17H17N5OS2. The standard InChI is InChI=1S/C17H17N5OS2/c1-2-9-22-16(13-5-7-18-8-6-13)20-21-17(22)25-12-15(23)19-11-14-4-3-10-24-14/h2-8,10H,1,9,11-12H2,(H,19,23). The molecule has 0 fully saturated rings. The molecule has 0 saturated carbocycles. The Labute approximate surface area is 154 Å². The molecule has 0 unspecified atom stereocenters. The van der Waals surface area contributed by atoms with Gasteiger partial charge in [-0.15, -0.1) is 28.1 Å². The van der Waals surface area contributed by atoms with Crippen LogP contribution in [0.5, 0.6) is 0 Å². The SMILES string of the molecule is C=CCn1c(SCC(=O)NCc2cccs2)nnc1-c1ccncc1.